The molecule has 0 saturated heterocycles. The van der Waals surface area contributed by atoms with Gasteiger partial charge in [0.05, 0.1) is 0 Å². The van der Waals surface area contributed by atoms with Crippen molar-refractivity contribution in [2.24, 2.45) is 5.92 Å². The molecule has 0 aliphatic carbocycles. The first-order valence-electron chi connectivity index (χ1n) is 5.61. The van der Waals surface area contributed by atoms with Crippen molar-refractivity contribution in [3.8, 4) is 0 Å². The molecule has 2 nitrogen and oxygen atoms in total. The quantitative estimate of drug-likeness (QED) is 0.756. The van der Waals surface area contributed by atoms with Crippen LogP contribution in [0.4, 0.5) is 5.69 Å². The number of hydrogen-bond donors (Lipinski definition) is 1. The van der Waals surface area contributed by atoms with E-state index in [0.717, 1.165) is 6.54 Å². The van der Waals surface area contributed by atoms with E-state index in [1.165, 1.54) is 16.8 Å². The molecule has 1 aliphatic heterocycles. The summed E-state index contributed by atoms with van der Waals surface area (Å²) in [5.41, 5.74) is 4.14. The van der Waals surface area contributed by atoms with E-state index in [9.17, 15) is 0 Å². The Bertz CT molecular complexity index is 358. The summed E-state index contributed by atoms with van der Waals surface area (Å²) in [7, 11) is 4.33. The van der Waals surface area contributed by atoms with E-state index in [1.807, 2.05) is 0 Å². The third-order valence-corrected chi connectivity index (χ3v) is 3.32. The van der Waals surface area contributed by atoms with E-state index in [0.29, 0.717) is 12.0 Å². The Kier molecular flexibility index (Phi) is 2.70. The average molecular weight is 204 g/mol. The van der Waals surface area contributed by atoms with Crippen molar-refractivity contribution in [3.63, 3.8) is 0 Å². The third-order valence-electron chi connectivity index (χ3n) is 3.32. The molecule has 2 atom stereocenters. The maximum atomic E-state index is 3.54. The van der Waals surface area contributed by atoms with Crippen LogP contribution >= 0.6 is 0 Å². The molecule has 1 aromatic carbocycles. The maximum absolute atomic E-state index is 3.54. The lowest BCUT2D eigenvalue weighted by Gasteiger charge is -2.37. The van der Waals surface area contributed by atoms with E-state index in [-0.39, 0.29) is 0 Å². The summed E-state index contributed by atoms with van der Waals surface area (Å²) >= 11 is 0. The van der Waals surface area contributed by atoms with E-state index in [2.05, 4.69) is 56.4 Å². The van der Waals surface area contributed by atoms with Crippen LogP contribution in [0.5, 0.6) is 0 Å². The first kappa shape index (κ1) is 10.5. The largest absolute Gasteiger partial charge is 0.384 e. The summed E-state index contributed by atoms with van der Waals surface area (Å²) in [5, 5.41) is 3.54. The zero-order chi connectivity index (χ0) is 11.0. The van der Waals surface area contributed by atoms with Gasteiger partial charge in [0.2, 0.25) is 0 Å². The Balaban J connectivity index is 2.48. The van der Waals surface area contributed by atoms with Crippen LogP contribution in [-0.4, -0.2) is 25.5 Å². The number of rotatable bonds is 1. The lowest BCUT2D eigenvalue weighted by molar-refractivity contribution is 0.225. The second-order valence-corrected chi connectivity index (χ2v) is 4.81. The summed E-state index contributed by atoms with van der Waals surface area (Å²) in [5.74, 6) is 0.661. The highest BCUT2D eigenvalue weighted by Gasteiger charge is 2.28. The fourth-order valence-electron chi connectivity index (χ4n) is 2.65. The first-order valence-corrected chi connectivity index (χ1v) is 5.61. The number of nitrogens with one attached hydrogen (secondary N) is 1. The Labute approximate surface area is 92.3 Å². The van der Waals surface area contributed by atoms with Crippen LogP contribution in [0.2, 0.25) is 0 Å². The molecule has 0 bridgehead atoms. The standard InChI is InChI=1S/C13H20N2/c1-9-6-5-7-11-12(9)14-8-10(2)13(11)15(3)4/h5-7,10,13-14H,8H2,1-4H3. The van der Waals surface area contributed by atoms with Crippen LogP contribution in [0.15, 0.2) is 18.2 Å². The van der Waals surface area contributed by atoms with E-state index in [1.54, 1.807) is 0 Å². The Morgan fingerprint density at radius 2 is 2.07 bits per heavy atom. The van der Waals surface area contributed by atoms with Crippen molar-refractivity contribution in [1.82, 2.24) is 4.90 Å². The normalized spacial score (nSPS) is 24.9. The van der Waals surface area contributed by atoms with Gasteiger partial charge in [0.15, 0.2) is 0 Å². The molecule has 0 amide bonds. The van der Waals surface area contributed by atoms with E-state index >= 15 is 0 Å². The Morgan fingerprint density at radius 3 is 2.73 bits per heavy atom. The van der Waals surface area contributed by atoms with Crippen molar-refractivity contribution in [2.75, 3.05) is 26.0 Å². The molecule has 0 aromatic heterocycles. The van der Waals surface area contributed by atoms with Crippen LogP contribution in [0, 0.1) is 12.8 Å². The lowest BCUT2D eigenvalue weighted by Crippen LogP contribution is -2.34. The first-order chi connectivity index (χ1) is 7.11. The van der Waals surface area contributed by atoms with Crippen LogP contribution in [-0.2, 0) is 0 Å². The molecule has 0 saturated carbocycles. The second kappa shape index (κ2) is 3.86. The highest BCUT2D eigenvalue weighted by molar-refractivity contribution is 5.60. The fourth-order valence-corrected chi connectivity index (χ4v) is 2.65. The number of benzene rings is 1. The molecular weight excluding hydrogens is 184 g/mol. The van der Waals surface area contributed by atoms with Crippen molar-refractivity contribution in [1.29, 1.82) is 0 Å². The highest BCUT2D eigenvalue weighted by Crippen LogP contribution is 2.37. The smallest absolute Gasteiger partial charge is 0.0418 e. The van der Waals surface area contributed by atoms with Gasteiger partial charge in [-0.25, -0.2) is 0 Å². The predicted octanol–water partition coefficient (Wildman–Crippen LogP) is 2.66. The van der Waals surface area contributed by atoms with Gasteiger partial charge in [-0.15, -0.1) is 0 Å². The topological polar surface area (TPSA) is 15.3 Å². The third kappa shape index (κ3) is 1.74. The number of aryl methyl sites for hydroxylation is 1. The molecule has 0 radical (unpaired) electrons. The van der Waals surface area contributed by atoms with Crippen LogP contribution in [0.25, 0.3) is 0 Å². The molecular formula is C13H20N2. The predicted molar refractivity (Wildman–Crippen MR) is 65.3 cm³/mol. The van der Waals surface area contributed by atoms with Gasteiger partial charge in [-0.05, 0) is 38.1 Å². The number of nitrogens with zero attached hydrogens (tertiary/aromatic N) is 1. The van der Waals surface area contributed by atoms with Gasteiger partial charge in [0, 0.05) is 18.3 Å². The monoisotopic (exact) mass is 204 g/mol. The minimum absolute atomic E-state index is 0.543. The van der Waals surface area contributed by atoms with Gasteiger partial charge in [-0.2, -0.15) is 0 Å². The molecule has 2 heteroatoms. The minimum atomic E-state index is 0.543. The SMILES string of the molecule is Cc1cccc2c1NCC(C)C2N(C)C. The molecule has 2 unspecified atom stereocenters. The van der Waals surface area contributed by atoms with Crippen molar-refractivity contribution in [2.45, 2.75) is 19.9 Å². The van der Waals surface area contributed by atoms with E-state index in [4.69, 9.17) is 0 Å². The maximum Gasteiger partial charge on any atom is 0.0418 e. The van der Waals surface area contributed by atoms with E-state index < -0.39 is 0 Å². The zero-order valence-electron chi connectivity index (χ0n) is 10.0. The summed E-state index contributed by atoms with van der Waals surface area (Å²) < 4.78 is 0. The second-order valence-electron chi connectivity index (χ2n) is 4.81. The average Bonchev–Trinajstić information content (AvgIpc) is 2.17. The van der Waals surface area contributed by atoms with Crippen LogP contribution < -0.4 is 5.32 Å². The minimum Gasteiger partial charge on any atom is -0.384 e. The summed E-state index contributed by atoms with van der Waals surface area (Å²) in [6, 6.07) is 7.12. The van der Waals surface area contributed by atoms with Crippen LogP contribution in [0.1, 0.15) is 24.1 Å². The van der Waals surface area contributed by atoms with Gasteiger partial charge in [0.1, 0.15) is 0 Å². The zero-order valence-corrected chi connectivity index (χ0v) is 10.0. The van der Waals surface area contributed by atoms with Crippen molar-refractivity contribution >= 4 is 5.69 Å². The lowest BCUT2D eigenvalue weighted by atomic mass is 9.87. The number of anilines is 1. The van der Waals surface area contributed by atoms with Gasteiger partial charge >= 0.3 is 0 Å². The fraction of sp³-hybridized carbons (Fsp3) is 0.538. The van der Waals surface area contributed by atoms with Gasteiger partial charge in [-0.3, -0.25) is 0 Å². The summed E-state index contributed by atoms with van der Waals surface area (Å²) in [4.78, 5) is 2.32. The van der Waals surface area contributed by atoms with Crippen molar-refractivity contribution in [3.05, 3.63) is 29.3 Å². The molecule has 1 N–H and O–H groups in total. The Hall–Kier alpha value is -1.02. The molecule has 2 rings (SSSR count). The summed E-state index contributed by atoms with van der Waals surface area (Å²) in [6.45, 7) is 5.55. The number of hydrogen-bond acceptors (Lipinski definition) is 2. The van der Waals surface area contributed by atoms with Crippen molar-refractivity contribution < 1.29 is 0 Å². The summed E-state index contributed by atoms with van der Waals surface area (Å²) in [6.07, 6.45) is 0. The molecule has 1 heterocycles. The molecule has 1 aromatic rings. The Morgan fingerprint density at radius 1 is 1.33 bits per heavy atom. The molecule has 0 fully saturated rings. The highest BCUT2D eigenvalue weighted by atomic mass is 15.1. The van der Waals surface area contributed by atoms with Gasteiger partial charge < -0.3 is 10.2 Å². The number of para-hydroxylation sites is 1. The molecule has 15 heavy (non-hydrogen) atoms. The molecule has 82 valence electrons. The van der Waals surface area contributed by atoms with Crippen LogP contribution in [0.3, 0.4) is 0 Å². The number of fused-ring (bicyclic) bond motifs is 1. The van der Waals surface area contributed by atoms with Gasteiger partial charge in [-0.1, -0.05) is 25.1 Å². The molecule has 0 spiro atoms. The van der Waals surface area contributed by atoms with Gasteiger partial charge in [0.25, 0.3) is 0 Å². The molecule has 1 aliphatic rings.